The molecule has 0 atom stereocenters. The second kappa shape index (κ2) is 6.11. The molecule has 0 amide bonds. The number of pyridine rings is 1. The summed E-state index contributed by atoms with van der Waals surface area (Å²) in [5.41, 5.74) is 3.31. The van der Waals surface area contributed by atoms with Gasteiger partial charge in [-0.25, -0.2) is 4.98 Å². The van der Waals surface area contributed by atoms with Crippen LogP contribution in [-0.4, -0.2) is 12.0 Å². The van der Waals surface area contributed by atoms with Crippen LogP contribution in [0.4, 0.5) is 5.82 Å². The average molecular weight is 279 g/mol. The Morgan fingerprint density at radius 3 is 2.68 bits per heavy atom. The Kier molecular flexibility index (Phi) is 4.48. The van der Waals surface area contributed by atoms with E-state index in [1.165, 1.54) is 0 Å². The topological polar surface area (TPSA) is 29.3 Å². The summed E-state index contributed by atoms with van der Waals surface area (Å²) in [6.07, 6.45) is 3.44. The smallest absolute Gasteiger partial charge is 0.129 e. The van der Waals surface area contributed by atoms with Crippen molar-refractivity contribution in [2.24, 2.45) is 0 Å². The molecular formula is C15H19ClN2O. The molecule has 0 aromatic carbocycles. The summed E-state index contributed by atoms with van der Waals surface area (Å²) in [5.74, 6) is 1.85. The molecule has 102 valence electrons. The molecule has 0 saturated carbocycles. The number of rotatable bonds is 5. The van der Waals surface area contributed by atoms with Crippen LogP contribution in [0, 0.1) is 0 Å². The summed E-state index contributed by atoms with van der Waals surface area (Å²) in [6, 6.07) is 6.08. The summed E-state index contributed by atoms with van der Waals surface area (Å²) in [4.78, 5) is 6.80. The predicted octanol–water partition coefficient (Wildman–Crippen LogP) is 4.17. The Morgan fingerprint density at radius 2 is 2.11 bits per heavy atom. The van der Waals surface area contributed by atoms with Crippen molar-refractivity contribution in [3.05, 3.63) is 47.5 Å². The fourth-order valence-corrected chi connectivity index (χ4v) is 2.05. The first-order valence-corrected chi connectivity index (χ1v) is 6.92. The molecular weight excluding hydrogens is 260 g/mol. The maximum absolute atomic E-state index is 5.96. The molecule has 2 aromatic heterocycles. The molecule has 2 rings (SSSR count). The van der Waals surface area contributed by atoms with Gasteiger partial charge in [0, 0.05) is 30.7 Å². The lowest BCUT2D eigenvalue weighted by atomic mass is 10.1. The maximum atomic E-state index is 5.96. The molecule has 4 heteroatoms. The van der Waals surface area contributed by atoms with Gasteiger partial charge in [0.05, 0.1) is 12.5 Å². The molecule has 0 aliphatic carbocycles. The molecule has 2 heterocycles. The minimum absolute atomic E-state index is 0.393. The highest BCUT2D eigenvalue weighted by molar-refractivity contribution is 6.17. The van der Waals surface area contributed by atoms with Crippen molar-refractivity contribution in [2.45, 2.75) is 32.2 Å². The number of alkyl halides is 1. The van der Waals surface area contributed by atoms with Crippen LogP contribution in [0.1, 0.15) is 36.6 Å². The summed E-state index contributed by atoms with van der Waals surface area (Å²) in [5, 5.41) is 0. The van der Waals surface area contributed by atoms with E-state index in [2.05, 4.69) is 24.8 Å². The first-order chi connectivity index (χ1) is 9.10. The molecule has 0 spiro atoms. The minimum atomic E-state index is 0.393. The van der Waals surface area contributed by atoms with Gasteiger partial charge in [0.25, 0.3) is 0 Å². The van der Waals surface area contributed by atoms with Crippen molar-refractivity contribution in [3.8, 4) is 0 Å². The fraction of sp³-hybridized carbons (Fsp3) is 0.400. The Labute approximate surface area is 119 Å². The third-order valence-corrected chi connectivity index (χ3v) is 3.34. The van der Waals surface area contributed by atoms with Gasteiger partial charge in [-0.3, -0.25) is 0 Å². The molecule has 0 aliphatic heterocycles. The van der Waals surface area contributed by atoms with Gasteiger partial charge in [-0.2, -0.15) is 0 Å². The standard InChI is InChI=1S/C15H19ClN2O/c1-11(2)14-6-13(8-16)7-15(17-14)18(3)9-12-4-5-19-10-12/h4-7,10-11H,8-9H2,1-3H3. The van der Waals surface area contributed by atoms with E-state index in [0.717, 1.165) is 29.2 Å². The number of hydrogen-bond acceptors (Lipinski definition) is 3. The van der Waals surface area contributed by atoms with Crippen LogP contribution in [0.25, 0.3) is 0 Å². The highest BCUT2D eigenvalue weighted by Crippen LogP contribution is 2.21. The lowest BCUT2D eigenvalue weighted by Gasteiger charge is -2.20. The Morgan fingerprint density at radius 1 is 1.32 bits per heavy atom. The zero-order chi connectivity index (χ0) is 13.8. The largest absolute Gasteiger partial charge is 0.472 e. The lowest BCUT2D eigenvalue weighted by molar-refractivity contribution is 0.563. The number of furan rings is 1. The zero-order valence-corrected chi connectivity index (χ0v) is 12.3. The quantitative estimate of drug-likeness (QED) is 0.769. The molecule has 0 radical (unpaired) electrons. The van der Waals surface area contributed by atoms with Crippen LogP contribution in [0.15, 0.2) is 35.1 Å². The van der Waals surface area contributed by atoms with Gasteiger partial charge in [0.2, 0.25) is 0 Å². The molecule has 0 bridgehead atoms. The van der Waals surface area contributed by atoms with Crippen molar-refractivity contribution < 1.29 is 4.42 Å². The molecule has 3 nitrogen and oxygen atoms in total. The third kappa shape index (κ3) is 3.51. The summed E-state index contributed by atoms with van der Waals surface area (Å²) in [7, 11) is 2.03. The number of aromatic nitrogens is 1. The summed E-state index contributed by atoms with van der Waals surface area (Å²) in [6.45, 7) is 5.05. The van der Waals surface area contributed by atoms with Gasteiger partial charge in [0.15, 0.2) is 0 Å². The van der Waals surface area contributed by atoms with Gasteiger partial charge in [-0.05, 0) is 29.7 Å². The van der Waals surface area contributed by atoms with Crippen LogP contribution >= 0.6 is 11.6 Å². The van der Waals surface area contributed by atoms with E-state index in [0.29, 0.717) is 11.8 Å². The molecule has 0 unspecified atom stereocenters. The first-order valence-electron chi connectivity index (χ1n) is 6.39. The minimum Gasteiger partial charge on any atom is -0.472 e. The highest BCUT2D eigenvalue weighted by Gasteiger charge is 2.10. The van der Waals surface area contributed by atoms with Gasteiger partial charge in [-0.1, -0.05) is 13.8 Å². The van der Waals surface area contributed by atoms with Crippen molar-refractivity contribution in [2.75, 3.05) is 11.9 Å². The molecule has 0 N–H and O–H groups in total. The number of halogens is 1. The number of anilines is 1. The highest BCUT2D eigenvalue weighted by atomic mass is 35.5. The Balaban J connectivity index is 2.24. The van der Waals surface area contributed by atoms with Crippen molar-refractivity contribution >= 4 is 17.4 Å². The normalized spacial score (nSPS) is 11.0. The van der Waals surface area contributed by atoms with E-state index in [1.807, 2.05) is 19.2 Å². The van der Waals surface area contributed by atoms with Crippen LogP contribution in [-0.2, 0) is 12.4 Å². The van der Waals surface area contributed by atoms with Crippen LogP contribution in [0.2, 0.25) is 0 Å². The summed E-state index contributed by atoms with van der Waals surface area (Å²) >= 11 is 5.96. The monoisotopic (exact) mass is 278 g/mol. The van der Waals surface area contributed by atoms with Crippen LogP contribution in [0.5, 0.6) is 0 Å². The van der Waals surface area contributed by atoms with E-state index in [9.17, 15) is 0 Å². The van der Waals surface area contributed by atoms with E-state index in [1.54, 1.807) is 12.5 Å². The maximum Gasteiger partial charge on any atom is 0.129 e. The van der Waals surface area contributed by atoms with E-state index < -0.39 is 0 Å². The molecule has 0 aliphatic rings. The third-order valence-electron chi connectivity index (χ3n) is 3.03. The molecule has 0 fully saturated rings. The fourth-order valence-electron chi connectivity index (χ4n) is 1.90. The Bertz CT molecular complexity index is 523. The average Bonchev–Trinajstić information content (AvgIpc) is 2.90. The van der Waals surface area contributed by atoms with Crippen molar-refractivity contribution in [3.63, 3.8) is 0 Å². The van der Waals surface area contributed by atoms with Crippen LogP contribution < -0.4 is 4.90 Å². The molecule has 19 heavy (non-hydrogen) atoms. The number of hydrogen-bond donors (Lipinski definition) is 0. The summed E-state index contributed by atoms with van der Waals surface area (Å²) < 4.78 is 5.09. The van der Waals surface area contributed by atoms with Crippen LogP contribution in [0.3, 0.4) is 0 Å². The van der Waals surface area contributed by atoms with E-state index in [-0.39, 0.29) is 0 Å². The van der Waals surface area contributed by atoms with Gasteiger partial charge >= 0.3 is 0 Å². The predicted molar refractivity (Wildman–Crippen MR) is 78.7 cm³/mol. The van der Waals surface area contributed by atoms with Gasteiger partial charge in [-0.15, -0.1) is 11.6 Å². The molecule has 2 aromatic rings. The first kappa shape index (κ1) is 13.9. The van der Waals surface area contributed by atoms with Gasteiger partial charge < -0.3 is 9.32 Å². The second-order valence-electron chi connectivity index (χ2n) is 5.03. The van der Waals surface area contributed by atoms with E-state index >= 15 is 0 Å². The lowest BCUT2D eigenvalue weighted by Crippen LogP contribution is -2.18. The SMILES string of the molecule is CC(C)c1cc(CCl)cc(N(C)Cc2ccoc2)n1. The van der Waals surface area contributed by atoms with Crippen molar-refractivity contribution in [1.82, 2.24) is 4.98 Å². The number of nitrogens with zero attached hydrogens (tertiary/aromatic N) is 2. The van der Waals surface area contributed by atoms with E-state index in [4.69, 9.17) is 21.0 Å². The van der Waals surface area contributed by atoms with Gasteiger partial charge in [0.1, 0.15) is 5.82 Å². The molecule has 0 saturated heterocycles. The Hall–Kier alpha value is -1.48. The van der Waals surface area contributed by atoms with Crippen molar-refractivity contribution in [1.29, 1.82) is 0 Å². The zero-order valence-electron chi connectivity index (χ0n) is 11.6. The second-order valence-corrected chi connectivity index (χ2v) is 5.30.